The monoisotopic (exact) mass is 431 g/mol. The first-order valence-corrected chi connectivity index (χ1v) is 11.0. The standard InChI is InChI=1S/C26H33N5O/c1-6-8-9-18-10-11-19(14-20(18)17(3)7-2)21-15-22(31(5)13-12-28-4)23(26(27)32)25-24(21)29-16-30-25/h6,8-11,14-16,28H,7,12-13H2,1-5H3,(H2,27,32)(H,29,30)/b8-6-,18-9-,20-17-. The number of likely N-dealkylation sites (N-methyl/N-ethyl adjacent to an activating group) is 2. The van der Waals surface area contributed by atoms with Crippen LogP contribution in [-0.4, -0.2) is 43.1 Å². The average molecular weight is 432 g/mol. The fraction of sp³-hybridized carbons (Fsp3) is 0.308. The van der Waals surface area contributed by atoms with Crippen LogP contribution in [-0.2, 0) is 0 Å². The molecule has 168 valence electrons. The number of carbonyl (C=O) groups is 1. The Kier molecular flexibility index (Phi) is 7.49. The minimum absolute atomic E-state index is 0.467. The van der Waals surface area contributed by atoms with E-state index >= 15 is 0 Å². The van der Waals surface area contributed by atoms with Crippen molar-refractivity contribution in [2.75, 3.05) is 32.1 Å². The predicted molar refractivity (Wildman–Crippen MR) is 135 cm³/mol. The molecule has 6 nitrogen and oxygen atoms in total. The van der Waals surface area contributed by atoms with E-state index in [1.807, 2.05) is 33.2 Å². The molecule has 3 aromatic rings. The van der Waals surface area contributed by atoms with Crippen molar-refractivity contribution in [1.82, 2.24) is 15.3 Å². The van der Waals surface area contributed by atoms with E-state index in [2.05, 4.69) is 64.4 Å². The summed E-state index contributed by atoms with van der Waals surface area (Å²) in [6, 6.07) is 8.52. The zero-order chi connectivity index (χ0) is 23.3. The van der Waals surface area contributed by atoms with Gasteiger partial charge in [0.05, 0.1) is 28.6 Å². The molecule has 0 aliphatic heterocycles. The summed E-state index contributed by atoms with van der Waals surface area (Å²) in [6.07, 6.45) is 8.81. The number of imidazole rings is 1. The van der Waals surface area contributed by atoms with Gasteiger partial charge >= 0.3 is 0 Å². The molecule has 0 atom stereocenters. The lowest BCUT2D eigenvalue weighted by Gasteiger charge is -2.23. The number of rotatable bonds is 8. The first-order chi connectivity index (χ1) is 15.4. The number of primary amides is 1. The molecule has 0 radical (unpaired) electrons. The molecule has 6 heteroatoms. The first kappa shape index (κ1) is 23.3. The van der Waals surface area contributed by atoms with Gasteiger partial charge in [-0.2, -0.15) is 0 Å². The summed E-state index contributed by atoms with van der Waals surface area (Å²) in [6.45, 7) is 7.88. The van der Waals surface area contributed by atoms with Crippen molar-refractivity contribution in [2.24, 2.45) is 5.73 Å². The molecule has 0 saturated carbocycles. The molecule has 1 aromatic heterocycles. The number of aromatic amines is 1. The van der Waals surface area contributed by atoms with Crippen LogP contribution in [0, 0.1) is 0 Å². The van der Waals surface area contributed by atoms with Crippen LogP contribution in [0.15, 0.2) is 42.7 Å². The molecule has 0 spiro atoms. The second-order valence-corrected chi connectivity index (χ2v) is 7.96. The molecule has 0 unspecified atom stereocenters. The molecule has 0 bridgehead atoms. The second-order valence-electron chi connectivity index (χ2n) is 7.96. The number of carbonyl (C=O) groups excluding carboxylic acids is 1. The number of benzene rings is 2. The molecule has 0 saturated heterocycles. The largest absolute Gasteiger partial charge is 0.373 e. The van der Waals surface area contributed by atoms with E-state index in [0.29, 0.717) is 11.1 Å². The second kappa shape index (κ2) is 10.3. The SMILES string of the molecule is C\C=C/C=c1/ccc(-c2cc(N(C)CCNC)c(C(N)=O)c3[nH]cnc23)c/c1=C(\C)CC. The molecule has 32 heavy (non-hydrogen) atoms. The third-order valence-electron chi connectivity index (χ3n) is 5.86. The van der Waals surface area contributed by atoms with Gasteiger partial charge in [0, 0.05) is 25.7 Å². The normalized spacial score (nSPS) is 13.2. The maximum Gasteiger partial charge on any atom is 0.253 e. The van der Waals surface area contributed by atoms with Crippen molar-refractivity contribution >= 4 is 34.3 Å². The Bertz CT molecular complexity index is 1270. The number of nitrogens with one attached hydrogen (secondary N) is 2. The van der Waals surface area contributed by atoms with Crippen LogP contribution < -0.4 is 26.4 Å². The summed E-state index contributed by atoms with van der Waals surface area (Å²) < 4.78 is 0. The highest BCUT2D eigenvalue weighted by Gasteiger charge is 2.21. The predicted octanol–water partition coefficient (Wildman–Crippen LogP) is 2.92. The van der Waals surface area contributed by atoms with Crippen molar-refractivity contribution in [1.29, 1.82) is 0 Å². The lowest BCUT2D eigenvalue weighted by atomic mass is 9.96. The number of nitrogens with zero attached hydrogens (tertiary/aromatic N) is 2. The van der Waals surface area contributed by atoms with Gasteiger partial charge in [-0.15, -0.1) is 0 Å². The van der Waals surface area contributed by atoms with Gasteiger partial charge in [-0.3, -0.25) is 4.79 Å². The lowest BCUT2D eigenvalue weighted by Crippen LogP contribution is -2.29. The van der Waals surface area contributed by atoms with Crippen LogP contribution in [0.3, 0.4) is 0 Å². The van der Waals surface area contributed by atoms with E-state index in [1.54, 1.807) is 6.33 Å². The maximum absolute atomic E-state index is 12.4. The third kappa shape index (κ3) is 4.60. The van der Waals surface area contributed by atoms with Crippen molar-refractivity contribution in [3.63, 3.8) is 0 Å². The zero-order valence-electron chi connectivity index (χ0n) is 19.6. The van der Waals surface area contributed by atoms with E-state index in [0.717, 1.165) is 41.8 Å². The maximum atomic E-state index is 12.4. The third-order valence-corrected chi connectivity index (χ3v) is 5.86. The molecule has 1 amide bonds. The Balaban J connectivity index is 2.34. The van der Waals surface area contributed by atoms with Gasteiger partial charge < -0.3 is 20.9 Å². The minimum Gasteiger partial charge on any atom is -0.373 e. The van der Waals surface area contributed by atoms with Gasteiger partial charge in [0.1, 0.15) is 0 Å². The van der Waals surface area contributed by atoms with E-state index < -0.39 is 5.91 Å². The number of H-pyrrole nitrogens is 1. The Morgan fingerprint density at radius 1 is 1.31 bits per heavy atom. The number of aromatic nitrogens is 2. The fourth-order valence-corrected chi connectivity index (χ4v) is 3.89. The van der Waals surface area contributed by atoms with Gasteiger partial charge in [-0.05, 0) is 55.4 Å². The molecular formula is C26H33N5O. The molecule has 3 rings (SSSR count). The number of allylic oxidation sites excluding steroid dienone is 2. The van der Waals surface area contributed by atoms with Crippen molar-refractivity contribution in [3.8, 4) is 11.1 Å². The van der Waals surface area contributed by atoms with Gasteiger partial charge in [0.2, 0.25) is 0 Å². The molecule has 0 aliphatic rings. The van der Waals surface area contributed by atoms with E-state index in [-0.39, 0.29) is 0 Å². The summed E-state index contributed by atoms with van der Waals surface area (Å²) in [5.74, 6) is -0.468. The zero-order valence-corrected chi connectivity index (χ0v) is 19.6. The summed E-state index contributed by atoms with van der Waals surface area (Å²) in [5.41, 5.74) is 11.8. The Morgan fingerprint density at radius 2 is 2.09 bits per heavy atom. The highest BCUT2D eigenvalue weighted by Crippen LogP contribution is 2.35. The topological polar surface area (TPSA) is 87.0 Å². The number of anilines is 1. The number of amides is 1. The summed E-state index contributed by atoms with van der Waals surface area (Å²) >= 11 is 0. The molecule has 0 aliphatic carbocycles. The number of nitrogens with two attached hydrogens (primary N) is 1. The van der Waals surface area contributed by atoms with Gasteiger partial charge in [-0.25, -0.2) is 4.98 Å². The lowest BCUT2D eigenvalue weighted by molar-refractivity contribution is 0.100. The van der Waals surface area contributed by atoms with Crippen LogP contribution in [0.2, 0.25) is 0 Å². The number of hydrogen-bond donors (Lipinski definition) is 3. The Labute approximate surface area is 189 Å². The fourth-order valence-electron chi connectivity index (χ4n) is 3.89. The molecule has 2 aromatic carbocycles. The Morgan fingerprint density at radius 3 is 2.75 bits per heavy atom. The van der Waals surface area contributed by atoms with Crippen molar-refractivity contribution < 1.29 is 4.79 Å². The summed E-state index contributed by atoms with van der Waals surface area (Å²) in [4.78, 5) is 22.2. The highest BCUT2D eigenvalue weighted by atomic mass is 16.1. The smallest absolute Gasteiger partial charge is 0.253 e. The van der Waals surface area contributed by atoms with E-state index in [9.17, 15) is 4.79 Å². The molecular weight excluding hydrogens is 398 g/mol. The average Bonchev–Trinajstić information content (AvgIpc) is 3.28. The van der Waals surface area contributed by atoms with Gasteiger partial charge in [0.25, 0.3) is 5.91 Å². The van der Waals surface area contributed by atoms with Crippen LogP contribution in [0.4, 0.5) is 5.69 Å². The van der Waals surface area contributed by atoms with Crippen LogP contribution >= 0.6 is 0 Å². The highest BCUT2D eigenvalue weighted by molar-refractivity contribution is 6.12. The Hall–Kier alpha value is -3.38. The van der Waals surface area contributed by atoms with Crippen LogP contribution in [0.1, 0.15) is 37.6 Å². The van der Waals surface area contributed by atoms with Crippen LogP contribution in [0.25, 0.3) is 33.8 Å². The summed E-state index contributed by atoms with van der Waals surface area (Å²) in [5, 5.41) is 5.56. The van der Waals surface area contributed by atoms with Crippen molar-refractivity contribution in [3.05, 3.63) is 58.7 Å². The van der Waals surface area contributed by atoms with Crippen molar-refractivity contribution in [2.45, 2.75) is 27.2 Å². The minimum atomic E-state index is -0.468. The van der Waals surface area contributed by atoms with Crippen LogP contribution in [0.5, 0.6) is 0 Å². The van der Waals surface area contributed by atoms with Gasteiger partial charge in [0.15, 0.2) is 0 Å². The van der Waals surface area contributed by atoms with Gasteiger partial charge in [-0.1, -0.05) is 42.9 Å². The summed E-state index contributed by atoms with van der Waals surface area (Å²) in [7, 11) is 3.88. The number of fused-ring (bicyclic) bond motifs is 1. The van der Waals surface area contributed by atoms with E-state index in [1.165, 1.54) is 16.0 Å². The first-order valence-electron chi connectivity index (χ1n) is 11.0. The quantitative estimate of drug-likeness (QED) is 0.512. The van der Waals surface area contributed by atoms with E-state index in [4.69, 9.17) is 5.73 Å². The molecule has 1 heterocycles. The molecule has 4 N–H and O–H groups in total. The molecule has 0 fully saturated rings. The number of hydrogen-bond acceptors (Lipinski definition) is 4.